The van der Waals surface area contributed by atoms with Crippen LogP contribution in [0.15, 0.2) is 12.2 Å². The van der Waals surface area contributed by atoms with Crippen LogP contribution in [0.25, 0.3) is 0 Å². The van der Waals surface area contributed by atoms with Crippen LogP contribution in [0.4, 0.5) is 0 Å². The van der Waals surface area contributed by atoms with Crippen LogP contribution in [0.5, 0.6) is 0 Å². The number of carbonyl (C=O) groups is 1. The van der Waals surface area contributed by atoms with E-state index in [0.29, 0.717) is 12.1 Å². The van der Waals surface area contributed by atoms with Gasteiger partial charge in [-0.15, -0.1) is 0 Å². The smallest absolute Gasteiger partial charge is 0.272 e. The Morgan fingerprint density at radius 2 is 1.91 bits per heavy atom. The molecule has 1 atom stereocenters. The van der Waals surface area contributed by atoms with Crippen molar-refractivity contribution in [3.05, 3.63) is 12.2 Å². The van der Waals surface area contributed by atoms with Gasteiger partial charge >= 0.3 is 0 Å². The quantitative estimate of drug-likeness (QED) is 0.471. The predicted octanol–water partition coefficient (Wildman–Crippen LogP) is 0.689. The molecule has 7 nitrogen and oxygen atoms in total. The summed E-state index contributed by atoms with van der Waals surface area (Å²) in [6.45, 7) is 6.45. The number of nitriles is 2. The predicted molar refractivity (Wildman–Crippen MR) is 81.0 cm³/mol. The summed E-state index contributed by atoms with van der Waals surface area (Å²) in [7, 11) is 3.87. The highest BCUT2D eigenvalue weighted by Crippen LogP contribution is 2.08. The Morgan fingerprint density at radius 1 is 1.32 bits per heavy atom. The van der Waals surface area contributed by atoms with Crippen LogP contribution < -0.4 is 0 Å². The van der Waals surface area contributed by atoms with Crippen molar-refractivity contribution in [1.29, 1.82) is 10.5 Å². The van der Waals surface area contributed by atoms with Crippen LogP contribution >= 0.6 is 0 Å². The lowest BCUT2D eigenvalue weighted by molar-refractivity contribution is -0.185. The average Bonchev–Trinajstić information content (AvgIpc) is 2.45. The third kappa shape index (κ3) is 7.75. The summed E-state index contributed by atoms with van der Waals surface area (Å²) in [6, 6.07) is 3.42. The molecule has 1 unspecified atom stereocenters. The van der Waals surface area contributed by atoms with Crippen molar-refractivity contribution < 1.29 is 14.7 Å². The summed E-state index contributed by atoms with van der Waals surface area (Å²) < 4.78 is 0. The maximum absolute atomic E-state index is 12.0. The van der Waals surface area contributed by atoms with Crippen molar-refractivity contribution in [1.82, 2.24) is 9.96 Å². The fourth-order valence-corrected chi connectivity index (χ4v) is 1.62. The fourth-order valence-electron chi connectivity index (χ4n) is 1.62. The third-order valence-corrected chi connectivity index (χ3v) is 2.88. The number of aliphatic hydroxyl groups excluding tert-OH is 1. The van der Waals surface area contributed by atoms with E-state index in [1.807, 2.05) is 19.0 Å². The number of nitrogens with zero attached hydrogens (tertiary/aromatic N) is 4. The van der Waals surface area contributed by atoms with Gasteiger partial charge in [0, 0.05) is 12.0 Å². The first-order chi connectivity index (χ1) is 10.3. The van der Waals surface area contributed by atoms with Gasteiger partial charge in [-0.1, -0.05) is 6.58 Å². The summed E-state index contributed by atoms with van der Waals surface area (Å²) in [6.07, 6.45) is -0.272. The van der Waals surface area contributed by atoms with Gasteiger partial charge in [-0.3, -0.25) is 9.63 Å². The van der Waals surface area contributed by atoms with E-state index < -0.39 is 12.0 Å². The van der Waals surface area contributed by atoms with E-state index in [9.17, 15) is 9.90 Å². The summed E-state index contributed by atoms with van der Waals surface area (Å²) >= 11 is 0. The summed E-state index contributed by atoms with van der Waals surface area (Å²) in [5, 5.41) is 28.2. The molecule has 1 amide bonds. The standard InChI is InChI=1S/C15H24N4O3/c1-12(2)15(21)19(8-5-7-18(3)4)22-9-6-14(20)13(10-16)11-17/h13-14,20H,1,5-9H2,2-4H3. The van der Waals surface area contributed by atoms with Crippen LogP contribution in [-0.4, -0.2) is 60.9 Å². The van der Waals surface area contributed by atoms with Gasteiger partial charge < -0.3 is 10.0 Å². The molecular weight excluding hydrogens is 284 g/mol. The lowest BCUT2D eigenvalue weighted by atomic mass is 10.0. The Bertz CT molecular complexity index is 437. The second kappa shape index (κ2) is 10.7. The lowest BCUT2D eigenvalue weighted by Crippen LogP contribution is -2.35. The molecule has 22 heavy (non-hydrogen) atoms. The number of hydrogen-bond acceptors (Lipinski definition) is 6. The highest BCUT2D eigenvalue weighted by molar-refractivity contribution is 5.91. The van der Waals surface area contributed by atoms with Gasteiger partial charge in [0.2, 0.25) is 0 Å². The fraction of sp³-hybridized carbons (Fsp3) is 0.667. The molecule has 0 radical (unpaired) electrons. The van der Waals surface area contributed by atoms with E-state index in [-0.39, 0.29) is 18.9 Å². The lowest BCUT2D eigenvalue weighted by Gasteiger charge is -2.23. The van der Waals surface area contributed by atoms with E-state index in [1.165, 1.54) is 5.06 Å². The Balaban J connectivity index is 4.41. The Labute approximate surface area is 131 Å². The number of amides is 1. The minimum Gasteiger partial charge on any atom is -0.391 e. The molecule has 0 bridgehead atoms. The molecule has 0 saturated carbocycles. The first-order valence-corrected chi connectivity index (χ1v) is 7.05. The zero-order valence-electron chi connectivity index (χ0n) is 13.4. The Kier molecular flexibility index (Phi) is 9.80. The molecule has 1 N–H and O–H groups in total. The minimum atomic E-state index is -1.10. The molecule has 122 valence electrons. The van der Waals surface area contributed by atoms with Crippen LogP contribution in [-0.2, 0) is 9.63 Å². The van der Waals surface area contributed by atoms with Gasteiger partial charge in [-0.25, -0.2) is 5.06 Å². The van der Waals surface area contributed by atoms with Crippen LogP contribution in [0.1, 0.15) is 19.8 Å². The van der Waals surface area contributed by atoms with E-state index in [2.05, 4.69) is 6.58 Å². The maximum atomic E-state index is 12.0. The Hall–Kier alpha value is -1.93. The summed E-state index contributed by atoms with van der Waals surface area (Å²) in [5.74, 6) is -1.41. The van der Waals surface area contributed by atoms with Gasteiger partial charge in [0.1, 0.15) is 0 Å². The topological polar surface area (TPSA) is 101 Å². The summed E-state index contributed by atoms with van der Waals surface area (Å²) in [4.78, 5) is 19.3. The van der Waals surface area contributed by atoms with Crippen LogP contribution in [0.2, 0.25) is 0 Å². The highest BCUT2D eigenvalue weighted by Gasteiger charge is 2.20. The van der Waals surface area contributed by atoms with Gasteiger partial charge in [0.25, 0.3) is 5.91 Å². The number of hydrogen-bond donors (Lipinski definition) is 1. The monoisotopic (exact) mass is 308 g/mol. The molecule has 0 heterocycles. The molecule has 7 heteroatoms. The molecule has 0 aromatic carbocycles. The second-order valence-corrected chi connectivity index (χ2v) is 5.27. The maximum Gasteiger partial charge on any atom is 0.272 e. The molecule has 0 aliphatic rings. The largest absolute Gasteiger partial charge is 0.391 e. The highest BCUT2D eigenvalue weighted by atomic mass is 16.7. The first-order valence-electron chi connectivity index (χ1n) is 7.05. The average molecular weight is 308 g/mol. The van der Waals surface area contributed by atoms with Gasteiger partial charge in [-0.05, 0) is 34.0 Å². The van der Waals surface area contributed by atoms with Gasteiger partial charge in [-0.2, -0.15) is 10.5 Å². The molecule has 0 saturated heterocycles. The van der Waals surface area contributed by atoms with E-state index in [0.717, 1.165) is 13.0 Å². The van der Waals surface area contributed by atoms with Crippen molar-refractivity contribution in [3.8, 4) is 12.1 Å². The zero-order chi connectivity index (χ0) is 17.1. The molecule has 0 spiro atoms. The number of aliphatic hydroxyl groups is 1. The van der Waals surface area contributed by atoms with Crippen LogP contribution in [0, 0.1) is 28.6 Å². The third-order valence-electron chi connectivity index (χ3n) is 2.88. The molecule has 0 aliphatic carbocycles. The zero-order valence-corrected chi connectivity index (χ0v) is 13.4. The van der Waals surface area contributed by atoms with Crippen LogP contribution in [0.3, 0.4) is 0 Å². The Morgan fingerprint density at radius 3 is 2.36 bits per heavy atom. The van der Waals surface area contributed by atoms with Gasteiger partial charge in [0.05, 0.1) is 31.4 Å². The molecule has 0 fully saturated rings. The molecule has 0 rings (SSSR count). The molecular formula is C15H24N4O3. The number of hydroxylamine groups is 2. The minimum absolute atomic E-state index is 0.0437. The van der Waals surface area contributed by atoms with Gasteiger partial charge in [0.15, 0.2) is 5.92 Å². The van der Waals surface area contributed by atoms with Crippen molar-refractivity contribution in [2.75, 3.05) is 33.8 Å². The first kappa shape index (κ1) is 20.1. The molecule has 0 aliphatic heterocycles. The normalized spacial score (nSPS) is 11.8. The second-order valence-electron chi connectivity index (χ2n) is 5.27. The van der Waals surface area contributed by atoms with E-state index >= 15 is 0 Å². The SMILES string of the molecule is C=C(C)C(=O)N(CCCN(C)C)OCCC(O)C(C#N)C#N. The van der Waals surface area contributed by atoms with Crippen molar-refractivity contribution in [2.24, 2.45) is 5.92 Å². The summed E-state index contributed by atoms with van der Waals surface area (Å²) in [5.41, 5.74) is 0.359. The van der Waals surface area contributed by atoms with Crippen molar-refractivity contribution in [2.45, 2.75) is 25.9 Å². The van der Waals surface area contributed by atoms with Crippen molar-refractivity contribution >= 4 is 5.91 Å². The molecule has 0 aromatic heterocycles. The van der Waals surface area contributed by atoms with E-state index in [4.69, 9.17) is 15.4 Å². The number of rotatable bonds is 10. The van der Waals surface area contributed by atoms with Crippen molar-refractivity contribution in [3.63, 3.8) is 0 Å². The number of carbonyl (C=O) groups excluding carboxylic acids is 1. The van der Waals surface area contributed by atoms with E-state index in [1.54, 1.807) is 19.1 Å². The molecule has 0 aromatic rings.